The maximum atomic E-state index is 12.6. The predicted octanol–water partition coefficient (Wildman–Crippen LogP) is 3.10. The molecule has 1 fully saturated rings. The summed E-state index contributed by atoms with van der Waals surface area (Å²) in [5.74, 6) is 0.802. The molecule has 1 aliphatic rings. The number of carbonyl (C=O) groups is 1. The van der Waals surface area contributed by atoms with Crippen molar-refractivity contribution in [3.63, 3.8) is 0 Å². The molecule has 3 rings (SSSR count). The van der Waals surface area contributed by atoms with E-state index >= 15 is 0 Å². The van der Waals surface area contributed by atoms with Gasteiger partial charge in [-0.05, 0) is 36.8 Å². The van der Waals surface area contributed by atoms with Crippen LogP contribution in [0.1, 0.15) is 17.7 Å². The van der Waals surface area contributed by atoms with E-state index in [9.17, 15) is 18.0 Å². The Morgan fingerprint density at radius 2 is 2.20 bits per heavy atom. The Bertz CT molecular complexity index is 739. The van der Waals surface area contributed by atoms with Crippen molar-refractivity contribution in [3.8, 4) is 0 Å². The number of carbonyl (C=O) groups excluding carboxylic acids is 1. The number of pyridine rings is 1. The van der Waals surface area contributed by atoms with Crippen LogP contribution < -0.4 is 10.2 Å². The first-order valence-corrected chi connectivity index (χ1v) is 7.72. The summed E-state index contributed by atoms with van der Waals surface area (Å²) in [5, 5.41) is 2.86. The fourth-order valence-electron chi connectivity index (χ4n) is 2.62. The van der Waals surface area contributed by atoms with Crippen molar-refractivity contribution >= 4 is 17.8 Å². The van der Waals surface area contributed by atoms with E-state index in [0.717, 1.165) is 12.3 Å². The maximum absolute atomic E-state index is 12.6. The number of hydrogen-bond acceptors (Lipinski definition) is 4. The highest BCUT2D eigenvalue weighted by atomic mass is 19.4. The zero-order valence-electron chi connectivity index (χ0n) is 13.2. The van der Waals surface area contributed by atoms with Crippen LogP contribution in [0, 0.1) is 0 Å². The minimum atomic E-state index is -4.40. The number of alkyl halides is 3. The minimum absolute atomic E-state index is 0.0853. The molecule has 0 spiro atoms. The summed E-state index contributed by atoms with van der Waals surface area (Å²) in [5.41, 5.74) is -0.775. The molecule has 8 heteroatoms. The molecular formula is C17H16F3N3O2. The fraction of sp³-hybridized carbons (Fsp3) is 0.294. The van der Waals surface area contributed by atoms with Gasteiger partial charge in [-0.3, -0.25) is 4.79 Å². The Morgan fingerprint density at radius 3 is 2.84 bits per heavy atom. The lowest BCUT2D eigenvalue weighted by atomic mass is 10.2. The van der Waals surface area contributed by atoms with Gasteiger partial charge >= 0.3 is 6.18 Å². The highest BCUT2D eigenvalue weighted by Gasteiger charge is 2.31. The molecule has 1 atom stereocenters. The highest BCUT2D eigenvalue weighted by molar-refractivity contribution is 5.91. The SMILES string of the molecule is O=C(/C=C/c1ccco1)NC1CCN(c2ccc(C(F)(F)F)cn2)C1. The average Bonchev–Trinajstić information content (AvgIpc) is 3.24. The molecule has 132 valence electrons. The Kier molecular flexibility index (Phi) is 4.78. The monoisotopic (exact) mass is 351 g/mol. The second kappa shape index (κ2) is 7.00. The van der Waals surface area contributed by atoms with Gasteiger partial charge in [0.25, 0.3) is 0 Å². The fourth-order valence-corrected chi connectivity index (χ4v) is 2.62. The first-order valence-electron chi connectivity index (χ1n) is 7.72. The van der Waals surface area contributed by atoms with E-state index in [1.54, 1.807) is 18.2 Å². The highest BCUT2D eigenvalue weighted by Crippen LogP contribution is 2.29. The van der Waals surface area contributed by atoms with E-state index in [1.807, 2.05) is 4.90 Å². The normalized spacial score (nSPS) is 18.0. The molecule has 0 aliphatic carbocycles. The van der Waals surface area contributed by atoms with Gasteiger partial charge in [0, 0.05) is 31.4 Å². The Labute approximate surface area is 142 Å². The molecule has 25 heavy (non-hydrogen) atoms. The number of nitrogens with one attached hydrogen (secondary N) is 1. The number of anilines is 1. The molecular weight excluding hydrogens is 335 g/mol. The molecule has 1 amide bonds. The molecule has 0 radical (unpaired) electrons. The molecule has 5 nitrogen and oxygen atoms in total. The van der Waals surface area contributed by atoms with Gasteiger partial charge in [-0.15, -0.1) is 0 Å². The number of hydrogen-bond donors (Lipinski definition) is 1. The van der Waals surface area contributed by atoms with E-state index in [1.165, 1.54) is 18.4 Å². The van der Waals surface area contributed by atoms with Crippen LogP contribution in [0.5, 0.6) is 0 Å². The number of nitrogens with zero attached hydrogens (tertiary/aromatic N) is 2. The first kappa shape index (κ1) is 17.1. The topological polar surface area (TPSA) is 58.4 Å². The largest absolute Gasteiger partial charge is 0.465 e. The third-order valence-electron chi connectivity index (χ3n) is 3.88. The van der Waals surface area contributed by atoms with Crippen molar-refractivity contribution in [1.82, 2.24) is 10.3 Å². The Balaban J connectivity index is 1.54. The lowest BCUT2D eigenvalue weighted by molar-refractivity contribution is -0.137. The standard InChI is InChI=1S/C17H16F3N3O2/c18-17(19,20)12-3-5-15(21-10-12)23-8-7-13(11-23)22-16(24)6-4-14-2-1-9-25-14/h1-6,9-10,13H,7-8,11H2,(H,22,24)/b6-4+. The quantitative estimate of drug-likeness (QED) is 0.860. The third-order valence-corrected chi connectivity index (χ3v) is 3.88. The number of rotatable bonds is 4. The predicted molar refractivity (Wildman–Crippen MR) is 85.7 cm³/mol. The van der Waals surface area contributed by atoms with Crippen molar-refractivity contribution in [1.29, 1.82) is 0 Å². The molecule has 0 aromatic carbocycles. The molecule has 1 aliphatic heterocycles. The number of aromatic nitrogens is 1. The molecule has 1 saturated heterocycles. The van der Waals surface area contributed by atoms with Crippen LogP contribution in [-0.2, 0) is 11.0 Å². The zero-order chi connectivity index (χ0) is 17.9. The van der Waals surface area contributed by atoms with Crippen LogP contribution in [0.3, 0.4) is 0 Å². The second-order valence-corrected chi connectivity index (χ2v) is 5.69. The second-order valence-electron chi connectivity index (χ2n) is 5.69. The number of amides is 1. The summed E-state index contributed by atoms with van der Waals surface area (Å²) in [4.78, 5) is 17.6. The van der Waals surface area contributed by atoms with Crippen LogP contribution in [0.2, 0.25) is 0 Å². The lowest BCUT2D eigenvalue weighted by Gasteiger charge is -2.18. The van der Waals surface area contributed by atoms with Gasteiger partial charge in [-0.2, -0.15) is 13.2 Å². The number of furan rings is 1. The van der Waals surface area contributed by atoms with E-state index in [4.69, 9.17) is 4.42 Å². The summed E-state index contributed by atoms with van der Waals surface area (Å²) in [6.45, 7) is 1.11. The smallest absolute Gasteiger partial charge is 0.417 e. The molecule has 0 bridgehead atoms. The van der Waals surface area contributed by atoms with Crippen molar-refractivity contribution in [2.24, 2.45) is 0 Å². The van der Waals surface area contributed by atoms with Crippen LogP contribution >= 0.6 is 0 Å². The lowest BCUT2D eigenvalue weighted by Crippen LogP contribution is -2.36. The van der Waals surface area contributed by atoms with E-state index in [2.05, 4.69) is 10.3 Å². The molecule has 0 saturated carbocycles. The van der Waals surface area contributed by atoms with Gasteiger partial charge < -0.3 is 14.6 Å². The molecule has 3 heterocycles. The van der Waals surface area contributed by atoms with Gasteiger partial charge in [-0.1, -0.05) is 0 Å². The van der Waals surface area contributed by atoms with Crippen LogP contribution in [0.15, 0.2) is 47.2 Å². The minimum Gasteiger partial charge on any atom is -0.465 e. The van der Waals surface area contributed by atoms with Crippen LogP contribution in [0.4, 0.5) is 19.0 Å². The van der Waals surface area contributed by atoms with Gasteiger partial charge in [0.05, 0.1) is 11.8 Å². The Morgan fingerprint density at radius 1 is 1.36 bits per heavy atom. The summed E-state index contributed by atoms with van der Waals surface area (Å²) < 4.78 is 42.8. The Hall–Kier alpha value is -2.77. The van der Waals surface area contributed by atoms with Gasteiger partial charge in [-0.25, -0.2) is 4.98 Å². The van der Waals surface area contributed by atoms with Gasteiger partial charge in [0.15, 0.2) is 0 Å². The first-order chi connectivity index (χ1) is 11.9. The summed E-state index contributed by atoms with van der Waals surface area (Å²) in [7, 11) is 0. The average molecular weight is 351 g/mol. The van der Waals surface area contributed by atoms with E-state index in [0.29, 0.717) is 31.1 Å². The van der Waals surface area contributed by atoms with Crippen LogP contribution in [0.25, 0.3) is 6.08 Å². The van der Waals surface area contributed by atoms with Gasteiger partial charge in [0.2, 0.25) is 5.91 Å². The van der Waals surface area contributed by atoms with Crippen molar-refractivity contribution in [2.75, 3.05) is 18.0 Å². The molecule has 1 N–H and O–H groups in total. The molecule has 2 aromatic rings. The number of halogens is 3. The van der Waals surface area contributed by atoms with Crippen molar-refractivity contribution in [3.05, 3.63) is 54.1 Å². The maximum Gasteiger partial charge on any atom is 0.417 e. The summed E-state index contributed by atoms with van der Waals surface area (Å²) >= 11 is 0. The zero-order valence-corrected chi connectivity index (χ0v) is 13.2. The van der Waals surface area contributed by atoms with E-state index < -0.39 is 11.7 Å². The van der Waals surface area contributed by atoms with Crippen molar-refractivity contribution < 1.29 is 22.4 Å². The van der Waals surface area contributed by atoms with Crippen LogP contribution in [-0.4, -0.2) is 30.0 Å². The summed E-state index contributed by atoms with van der Waals surface area (Å²) in [6.07, 6.45) is 1.60. The van der Waals surface area contributed by atoms with Crippen molar-refractivity contribution in [2.45, 2.75) is 18.6 Å². The molecule has 2 aromatic heterocycles. The van der Waals surface area contributed by atoms with E-state index in [-0.39, 0.29) is 11.9 Å². The third kappa shape index (κ3) is 4.40. The molecule has 1 unspecified atom stereocenters. The van der Waals surface area contributed by atoms with Gasteiger partial charge in [0.1, 0.15) is 11.6 Å². The summed E-state index contributed by atoms with van der Waals surface area (Å²) in [6, 6.07) is 5.74.